The Morgan fingerprint density at radius 1 is 0.865 bits per heavy atom. The molecule has 74 heavy (non-hydrogen) atoms. The van der Waals surface area contributed by atoms with Crippen molar-refractivity contribution in [1.82, 2.24) is 19.7 Å². The van der Waals surface area contributed by atoms with Gasteiger partial charge in [-0.25, -0.2) is 24.8 Å². The van der Waals surface area contributed by atoms with E-state index in [0.29, 0.717) is 45.1 Å². The van der Waals surface area contributed by atoms with Gasteiger partial charge in [0.05, 0.1) is 67.8 Å². The van der Waals surface area contributed by atoms with E-state index in [-0.39, 0.29) is 67.1 Å². The molecule has 28 nitrogen and oxygen atoms in total. The van der Waals surface area contributed by atoms with Crippen molar-refractivity contribution < 1.29 is 75.4 Å². The minimum Gasteiger partial charge on any atom is -0.505 e. The molecule has 0 aliphatic heterocycles. The van der Waals surface area contributed by atoms with Crippen LogP contribution >= 0.6 is 23.4 Å². The normalized spacial score (nSPS) is 12.0. The number of imidazole rings is 1. The summed E-state index contributed by atoms with van der Waals surface area (Å²) in [5.41, 5.74) is 0.542. The molecule has 32 heteroatoms. The average molecular weight is 1090 g/mol. The quantitative estimate of drug-likeness (QED) is 0.0152. The van der Waals surface area contributed by atoms with Crippen LogP contribution in [0.3, 0.4) is 0 Å². The fourth-order valence-electron chi connectivity index (χ4n) is 6.71. The summed E-state index contributed by atoms with van der Waals surface area (Å²) >= 11 is 1.26. The van der Waals surface area contributed by atoms with E-state index in [4.69, 9.17) is 14.9 Å². The molecule has 9 N–H and O–H groups in total. The van der Waals surface area contributed by atoms with Gasteiger partial charge in [-0.3, -0.25) is 18.3 Å². The summed E-state index contributed by atoms with van der Waals surface area (Å²) in [7, 11) is -8.86. The molecule has 3 heterocycles. The molecule has 0 radical (unpaired) electrons. The molecule has 5 aromatic carbocycles. The van der Waals surface area contributed by atoms with Crippen molar-refractivity contribution in [2.75, 3.05) is 18.1 Å². The Bertz CT molecular complexity index is 3960. The number of nitrogens with zero attached hydrogens (tertiary/aromatic N) is 10. The minimum atomic E-state index is -5.19. The molecular formula is C42H32N12O16S4. The van der Waals surface area contributed by atoms with Gasteiger partial charge in [-0.15, -0.1) is 29.9 Å². The number of carbonyl (C=O) groups excluding carboxylic acids is 1. The number of aromatic nitrogens is 3. The number of aliphatic carboxylic acids is 1. The van der Waals surface area contributed by atoms with Gasteiger partial charge in [0.25, 0.3) is 20.2 Å². The number of azo groups is 3. The van der Waals surface area contributed by atoms with Crippen LogP contribution in [-0.4, -0.2) is 96.8 Å². The molecule has 0 aliphatic carbocycles. The number of aromatic hydroxyl groups is 2. The van der Waals surface area contributed by atoms with Gasteiger partial charge in [0.1, 0.15) is 33.6 Å². The number of anilines is 1. The van der Waals surface area contributed by atoms with Crippen molar-refractivity contribution in [1.29, 1.82) is 5.26 Å². The third-order valence-corrected chi connectivity index (χ3v) is 12.3. The van der Waals surface area contributed by atoms with Gasteiger partial charge in [0.15, 0.2) is 17.1 Å². The number of benzene rings is 5. The number of rotatable bonds is 15. The van der Waals surface area contributed by atoms with Gasteiger partial charge < -0.3 is 31.1 Å². The molecule has 0 aliphatic rings. The number of phenols is 1. The number of para-hydroxylation sites is 2. The first kappa shape index (κ1) is 53.2. The van der Waals surface area contributed by atoms with Gasteiger partial charge in [0, 0.05) is 17.5 Å². The van der Waals surface area contributed by atoms with Crippen molar-refractivity contribution >= 4 is 139 Å². The third-order valence-electron chi connectivity index (χ3n) is 9.86. The Morgan fingerprint density at radius 2 is 1.58 bits per heavy atom. The van der Waals surface area contributed by atoms with E-state index in [1.165, 1.54) is 46.9 Å². The second-order valence-electron chi connectivity index (χ2n) is 14.9. The predicted octanol–water partition coefficient (Wildman–Crippen LogP) is 9.56. The Kier molecular flexibility index (Phi) is 15.8. The molecule has 0 unspecified atom stereocenters. The minimum absolute atomic E-state index is 0.0194. The van der Waals surface area contributed by atoms with E-state index in [1.54, 1.807) is 31.2 Å². The SMILES string of the molecule is CS(=O)(=O)O.Cc1c(N=Nc2ccc3c(O)c(N=Nc4cc(NC(=O)NCCC(=O)O)c(N=Nc5nc6ccc(C(=O)O)cc6s5)cc4S(=O)(=O)O)c(SOOO)cc3c2)c(O)n2c(nc3ccccc32)c1C#N. The van der Waals surface area contributed by atoms with Crippen molar-refractivity contribution in [3.63, 3.8) is 0 Å². The maximum Gasteiger partial charge on any atom is 0.335 e. The largest absolute Gasteiger partial charge is 0.505 e. The van der Waals surface area contributed by atoms with E-state index >= 15 is 0 Å². The number of hydrogen-bond acceptors (Lipinski definition) is 23. The molecule has 0 spiro atoms. The van der Waals surface area contributed by atoms with Crippen LogP contribution in [0.4, 0.5) is 44.1 Å². The first-order valence-corrected chi connectivity index (χ1v) is 25.1. The molecule has 0 saturated heterocycles. The number of hydrogen-bond donors (Lipinski definition) is 9. The smallest absolute Gasteiger partial charge is 0.335 e. The summed E-state index contributed by atoms with van der Waals surface area (Å²) in [5.74, 6) is -3.30. The molecule has 0 saturated carbocycles. The second kappa shape index (κ2) is 22.0. The first-order valence-electron chi connectivity index (χ1n) is 20.3. The maximum absolute atomic E-state index is 12.9. The number of phenolic OH excluding ortho intramolecular Hbond substituents is 1. The van der Waals surface area contributed by atoms with Crippen LogP contribution in [0.1, 0.15) is 27.9 Å². The number of urea groups is 1. The van der Waals surface area contributed by atoms with Crippen molar-refractivity contribution in [2.24, 2.45) is 30.7 Å². The van der Waals surface area contributed by atoms with Gasteiger partial charge in [-0.05, 0) is 79.0 Å². The summed E-state index contributed by atoms with van der Waals surface area (Å²) in [6.07, 6.45) is 0.261. The van der Waals surface area contributed by atoms with Crippen molar-refractivity contribution in [3.8, 4) is 17.7 Å². The Morgan fingerprint density at radius 3 is 2.27 bits per heavy atom. The Hall–Kier alpha value is -8.65. The number of nitriles is 1. The zero-order valence-electron chi connectivity index (χ0n) is 37.3. The number of fused-ring (bicyclic) bond motifs is 5. The summed E-state index contributed by atoms with van der Waals surface area (Å²) in [5, 5.41) is 93.7. The highest BCUT2D eigenvalue weighted by Crippen LogP contribution is 2.46. The number of aromatic carboxylic acids is 1. The molecule has 3 aromatic heterocycles. The van der Waals surface area contributed by atoms with Crippen LogP contribution in [0.5, 0.6) is 11.6 Å². The summed E-state index contributed by atoms with van der Waals surface area (Å²) in [6, 6.07) is 19.6. The highest BCUT2D eigenvalue weighted by molar-refractivity contribution is 7.94. The lowest BCUT2D eigenvalue weighted by Gasteiger charge is -2.12. The number of amides is 2. The summed E-state index contributed by atoms with van der Waals surface area (Å²) in [4.78, 5) is 43.1. The lowest BCUT2D eigenvalue weighted by molar-refractivity contribution is -0.432. The van der Waals surface area contributed by atoms with Gasteiger partial charge in [-0.2, -0.15) is 27.2 Å². The number of carbonyl (C=O) groups is 3. The maximum atomic E-state index is 12.9. The number of nitrogens with one attached hydrogen (secondary N) is 2. The van der Waals surface area contributed by atoms with Crippen LogP contribution in [0.25, 0.3) is 37.7 Å². The van der Waals surface area contributed by atoms with Crippen LogP contribution in [-0.2, 0) is 34.4 Å². The molecule has 0 atom stereocenters. The monoisotopic (exact) mass is 1090 g/mol. The summed E-state index contributed by atoms with van der Waals surface area (Å²) in [6.45, 7) is 1.26. The molecule has 0 fully saturated rings. The predicted molar refractivity (Wildman–Crippen MR) is 262 cm³/mol. The lowest BCUT2D eigenvalue weighted by Crippen LogP contribution is -2.30. The highest BCUT2D eigenvalue weighted by atomic mass is 32.2. The lowest BCUT2D eigenvalue weighted by atomic mass is 10.1. The molecule has 380 valence electrons. The number of carboxylic acids is 2. The molecular weight excluding hydrogens is 1060 g/mol. The molecule has 2 amide bonds. The third kappa shape index (κ3) is 12.3. The van der Waals surface area contributed by atoms with E-state index in [0.717, 1.165) is 23.5 Å². The van der Waals surface area contributed by atoms with Crippen molar-refractivity contribution in [3.05, 3.63) is 95.6 Å². The van der Waals surface area contributed by atoms with E-state index in [2.05, 4.69) is 66.7 Å². The Balaban J connectivity index is 0.00000153. The second-order valence-corrected chi connectivity index (χ2v) is 19.5. The first-order chi connectivity index (χ1) is 35.0. The number of pyridine rings is 1. The zero-order chi connectivity index (χ0) is 53.6. The van der Waals surface area contributed by atoms with E-state index in [9.17, 15) is 56.4 Å². The molecule has 8 aromatic rings. The topological polar surface area (TPSA) is 432 Å². The molecule has 0 bridgehead atoms. The summed E-state index contributed by atoms with van der Waals surface area (Å²) < 4.78 is 68.3. The van der Waals surface area contributed by atoms with Crippen molar-refractivity contribution in [2.45, 2.75) is 23.1 Å². The average Bonchev–Trinajstić information content (AvgIpc) is 3.93. The van der Waals surface area contributed by atoms with Gasteiger partial charge in [-0.1, -0.05) is 28.5 Å². The van der Waals surface area contributed by atoms with E-state index in [1.807, 2.05) is 0 Å². The fraction of sp³-hybridized carbons (Fsp3) is 0.0952. The Labute approximate surface area is 422 Å². The van der Waals surface area contributed by atoms with Crippen LogP contribution in [0, 0.1) is 18.3 Å². The fourth-order valence-corrected chi connectivity index (χ4v) is 8.65. The zero-order valence-corrected chi connectivity index (χ0v) is 40.6. The highest BCUT2D eigenvalue weighted by Gasteiger charge is 2.24. The van der Waals surface area contributed by atoms with E-state index < -0.39 is 72.3 Å². The number of thiazole rings is 1. The van der Waals surface area contributed by atoms with Gasteiger partial charge in [0.2, 0.25) is 11.0 Å². The molecule has 8 rings (SSSR count). The standard InChI is InChI=1S/C41H28N12O13S3.CH4O3S/c1-18-23(17-42)37-44-24-4-2-3-5-29(24)53(37)38(57)34(18)50-47-21-7-8-22-20(12-21)14-31(68-66-65-61)35(36(22)56)51-49-28-15-26(45-40(60)43-11-10-33(54)55)27(16-32(28)69(62,63)64)48-52-41-46-25-9-6-19(39(58)59)13-30(25)67-41;1-5(2,3)4/h2-9,12-16,56-57,61H,10-11H2,1H3,(H,54,55)(H,58,59)(H2,43,45,60)(H,62,63,64);1H3,(H,2,3,4). The van der Waals surface area contributed by atoms with Gasteiger partial charge >= 0.3 is 18.0 Å². The van der Waals surface area contributed by atoms with Crippen LogP contribution < -0.4 is 10.6 Å². The van der Waals surface area contributed by atoms with Crippen LogP contribution in [0.15, 0.2) is 119 Å². The number of carboxylic acid groups (broad SMARTS) is 2. The van der Waals surface area contributed by atoms with Crippen LogP contribution in [0.2, 0.25) is 0 Å².